The number of hydrogen-bond donors (Lipinski definition) is 0. The number of carbonyl (C=O) groups excluding carboxylic acids is 2. The molecule has 0 unspecified atom stereocenters. The molecule has 3 heteroatoms. The van der Waals surface area contributed by atoms with E-state index in [1.54, 1.807) is 30.3 Å². The number of hydrogen-bond acceptors (Lipinski definition) is 3. The summed E-state index contributed by atoms with van der Waals surface area (Å²) >= 11 is 0. The molecule has 0 aliphatic rings. The summed E-state index contributed by atoms with van der Waals surface area (Å²) in [6.45, 7) is 0. The van der Waals surface area contributed by atoms with E-state index in [0.717, 1.165) is 28.2 Å². The van der Waals surface area contributed by atoms with Crippen LogP contribution in [0.3, 0.4) is 0 Å². The minimum atomic E-state index is -0.181. The van der Waals surface area contributed by atoms with Gasteiger partial charge in [-0.1, -0.05) is 127 Å². The highest BCUT2D eigenvalue weighted by Gasteiger charge is 2.24. The predicted octanol–water partition coefficient (Wildman–Crippen LogP) is 9.29. The summed E-state index contributed by atoms with van der Waals surface area (Å²) in [4.78, 5) is 29.9. The van der Waals surface area contributed by atoms with Crippen molar-refractivity contribution in [1.29, 1.82) is 0 Å². The van der Waals surface area contributed by atoms with Gasteiger partial charge in [-0.25, -0.2) is 0 Å². The summed E-state index contributed by atoms with van der Waals surface area (Å²) in [6.07, 6.45) is 0. The summed E-state index contributed by atoms with van der Waals surface area (Å²) in [6, 6.07) is 52.3. The molecule has 6 aromatic rings. The molecule has 0 spiro atoms. The molecule has 0 bridgehead atoms. The highest BCUT2D eigenvalue weighted by Crippen LogP contribution is 2.36. The van der Waals surface area contributed by atoms with E-state index in [9.17, 15) is 9.59 Å². The standard InChI is InChI=1S/C38H27NO2/c40-37(29-14-5-1-6-15-29)35-23-13-22-34(36(35)38(41)30-16-7-2-8-17-30)28-24-26-33(27-25-28)39(31-18-9-3-10-19-31)32-20-11-4-12-21-32/h1-27H. The van der Waals surface area contributed by atoms with Crippen molar-refractivity contribution in [2.75, 3.05) is 4.90 Å². The highest BCUT2D eigenvalue weighted by atomic mass is 16.1. The molecule has 0 amide bonds. The zero-order chi connectivity index (χ0) is 28.0. The fraction of sp³-hybridized carbons (Fsp3) is 0. The van der Waals surface area contributed by atoms with Crippen molar-refractivity contribution in [3.05, 3.63) is 186 Å². The van der Waals surface area contributed by atoms with Gasteiger partial charge in [-0.3, -0.25) is 9.59 Å². The van der Waals surface area contributed by atoms with E-state index < -0.39 is 0 Å². The zero-order valence-electron chi connectivity index (χ0n) is 22.4. The van der Waals surface area contributed by atoms with Crippen LogP contribution in [0.4, 0.5) is 17.1 Å². The third-order valence-electron chi connectivity index (χ3n) is 7.07. The molecule has 6 aromatic carbocycles. The Morgan fingerprint density at radius 3 is 1.34 bits per heavy atom. The van der Waals surface area contributed by atoms with Crippen molar-refractivity contribution >= 4 is 28.6 Å². The molecular weight excluding hydrogens is 502 g/mol. The van der Waals surface area contributed by atoms with Gasteiger partial charge in [0.05, 0.1) is 0 Å². The summed E-state index contributed by atoms with van der Waals surface area (Å²) in [7, 11) is 0. The normalized spacial score (nSPS) is 10.6. The first-order chi connectivity index (χ1) is 20.2. The molecule has 0 fully saturated rings. The van der Waals surface area contributed by atoms with Gasteiger partial charge in [0.1, 0.15) is 0 Å². The van der Waals surface area contributed by atoms with Crippen LogP contribution < -0.4 is 4.90 Å². The Balaban J connectivity index is 1.47. The van der Waals surface area contributed by atoms with Gasteiger partial charge >= 0.3 is 0 Å². The molecular formula is C38H27NO2. The Bertz CT molecular complexity index is 1740. The van der Waals surface area contributed by atoms with E-state index >= 15 is 0 Å². The Morgan fingerprint density at radius 1 is 0.390 bits per heavy atom. The molecule has 0 saturated heterocycles. The number of carbonyl (C=O) groups is 2. The van der Waals surface area contributed by atoms with Gasteiger partial charge < -0.3 is 4.90 Å². The van der Waals surface area contributed by atoms with Crippen LogP contribution in [-0.4, -0.2) is 11.6 Å². The number of anilines is 3. The van der Waals surface area contributed by atoms with Gasteiger partial charge in [-0.05, 0) is 47.5 Å². The summed E-state index contributed by atoms with van der Waals surface area (Å²) in [5.74, 6) is -0.359. The fourth-order valence-electron chi connectivity index (χ4n) is 5.10. The smallest absolute Gasteiger partial charge is 0.194 e. The number of rotatable bonds is 8. The minimum Gasteiger partial charge on any atom is -0.311 e. The van der Waals surface area contributed by atoms with Gasteiger partial charge in [0, 0.05) is 39.3 Å². The Morgan fingerprint density at radius 2 is 0.829 bits per heavy atom. The lowest BCUT2D eigenvalue weighted by Crippen LogP contribution is -2.13. The van der Waals surface area contributed by atoms with Gasteiger partial charge in [0.2, 0.25) is 0 Å². The predicted molar refractivity (Wildman–Crippen MR) is 166 cm³/mol. The number of nitrogens with zero attached hydrogens (tertiary/aromatic N) is 1. The molecule has 196 valence electrons. The van der Waals surface area contributed by atoms with Gasteiger partial charge in [0.25, 0.3) is 0 Å². The minimum absolute atomic E-state index is 0.178. The third-order valence-corrected chi connectivity index (χ3v) is 7.07. The number of benzene rings is 6. The van der Waals surface area contributed by atoms with Crippen LogP contribution in [0, 0.1) is 0 Å². The van der Waals surface area contributed by atoms with Gasteiger partial charge in [0.15, 0.2) is 11.6 Å². The maximum Gasteiger partial charge on any atom is 0.194 e. The van der Waals surface area contributed by atoms with E-state index in [4.69, 9.17) is 0 Å². The monoisotopic (exact) mass is 529 g/mol. The van der Waals surface area contributed by atoms with E-state index in [-0.39, 0.29) is 11.6 Å². The second-order valence-electron chi connectivity index (χ2n) is 9.67. The quantitative estimate of drug-likeness (QED) is 0.184. The van der Waals surface area contributed by atoms with Crippen LogP contribution in [-0.2, 0) is 0 Å². The Kier molecular flexibility index (Phi) is 7.33. The van der Waals surface area contributed by atoms with Crippen LogP contribution in [0.15, 0.2) is 164 Å². The van der Waals surface area contributed by atoms with Crippen molar-refractivity contribution < 1.29 is 9.59 Å². The van der Waals surface area contributed by atoms with Crippen LogP contribution in [0.25, 0.3) is 11.1 Å². The lowest BCUT2D eigenvalue weighted by Gasteiger charge is -2.25. The first kappa shape index (κ1) is 25.7. The number of para-hydroxylation sites is 2. The van der Waals surface area contributed by atoms with Crippen LogP contribution >= 0.6 is 0 Å². The average molecular weight is 530 g/mol. The molecule has 0 aliphatic carbocycles. The topological polar surface area (TPSA) is 37.4 Å². The van der Waals surface area contributed by atoms with Crippen molar-refractivity contribution in [2.24, 2.45) is 0 Å². The van der Waals surface area contributed by atoms with E-state index in [0.29, 0.717) is 22.3 Å². The maximum absolute atomic E-state index is 14.0. The summed E-state index contributed by atoms with van der Waals surface area (Å²) in [5.41, 5.74) is 6.53. The molecule has 0 N–H and O–H groups in total. The van der Waals surface area contributed by atoms with Crippen molar-refractivity contribution in [2.45, 2.75) is 0 Å². The van der Waals surface area contributed by atoms with Crippen LogP contribution in [0.2, 0.25) is 0 Å². The molecule has 6 rings (SSSR count). The molecule has 0 aromatic heterocycles. The lowest BCUT2D eigenvalue weighted by molar-refractivity contribution is 0.100. The largest absolute Gasteiger partial charge is 0.311 e. The molecule has 0 saturated carbocycles. The SMILES string of the molecule is O=C(c1ccccc1)c1cccc(-c2ccc(N(c3ccccc3)c3ccccc3)cc2)c1C(=O)c1ccccc1. The average Bonchev–Trinajstić information content (AvgIpc) is 3.06. The number of ketones is 2. The van der Waals surface area contributed by atoms with Crippen molar-refractivity contribution in [1.82, 2.24) is 0 Å². The lowest BCUT2D eigenvalue weighted by atomic mass is 9.87. The van der Waals surface area contributed by atoms with Gasteiger partial charge in [-0.2, -0.15) is 0 Å². The molecule has 0 atom stereocenters. The van der Waals surface area contributed by atoms with Crippen molar-refractivity contribution in [3.8, 4) is 11.1 Å². The molecule has 0 heterocycles. The molecule has 3 nitrogen and oxygen atoms in total. The first-order valence-corrected chi connectivity index (χ1v) is 13.5. The van der Waals surface area contributed by atoms with E-state index in [1.165, 1.54) is 0 Å². The second kappa shape index (κ2) is 11.7. The maximum atomic E-state index is 14.0. The highest BCUT2D eigenvalue weighted by molar-refractivity contribution is 6.22. The second-order valence-corrected chi connectivity index (χ2v) is 9.67. The Hall–Kier alpha value is -5.54. The first-order valence-electron chi connectivity index (χ1n) is 13.5. The molecule has 0 aliphatic heterocycles. The fourth-order valence-corrected chi connectivity index (χ4v) is 5.10. The Labute approximate surface area is 240 Å². The molecule has 0 radical (unpaired) electrons. The van der Waals surface area contributed by atoms with Crippen LogP contribution in [0.5, 0.6) is 0 Å². The summed E-state index contributed by atoms with van der Waals surface area (Å²) in [5, 5.41) is 0. The third kappa shape index (κ3) is 5.34. The van der Waals surface area contributed by atoms with Gasteiger partial charge in [-0.15, -0.1) is 0 Å². The van der Waals surface area contributed by atoms with E-state index in [1.807, 2.05) is 97.1 Å². The van der Waals surface area contributed by atoms with Crippen LogP contribution in [0.1, 0.15) is 31.8 Å². The summed E-state index contributed by atoms with van der Waals surface area (Å²) < 4.78 is 0. The zero-order valence-corrected chi connectivity index (χ0v) is 22.4. The van der Waals surface area contributed by atoms with E-state index in [2.05, 4.69) is 41.3 Å². The van der Waals surface area contributed by atoms with Crippen molar-refractivity contribution in [3.63, 3.8) is 0 Å². The molecule has 41 heavy (non-hydrogen) atoms.